The van der Waals surface area contributed by atoms with Crippen molar-refractivity contribution in [2.75, 3.05) is 31.6 Å². The first-order chi connectivity index (χ1) is 9.10. The van der Waals surface area contributed by atoms with Crippen LogP contribution in [0.3, 0.4) is 0 Å². The topological polar surface area (TPSA) is 95.7 Å². The minimum absolute atomic E-state index is 0.118. The van der Waals surface area contributed by atoms with E-state index < -0.39 is 4.92 Å². The van der Waals surface area contributed by atoms with Crippen molar-refractivity contribution < 1.29 is 14.8 Å². The average Bonchev–Trinajstić information content (AvgIpc) is 2.33. The van der Waals surface area contributed by atoms with Crippen molar-refractivity contribution in [1.29, 1.82) is 0 Å². The van der Waals surface area contributed by atoms with Crippen molar-refractivity contribution >= 4 is 17.3 Å². The van der Waals surface area contributed by atoms with Crippen molar-refractivity contribution in [3.05, 3.63) is 34.4 Å². The van der Waals surface area contributed by atoms with Crippen LogP contribution < -0.4 is 5.32 Å². The second-order valence-electron chi connectivity index (χ2n) is 4.57. The maximum absolute atomic E-state index is 11.7. The predicted octanol–water partition coefficient (Wildman–Crippen LogP) is 0.457. The van der Waals surface area contributed by atoms with E-state index in [9.17, 15) is 14.9 Å². The van der Waals surface area contributed by atoms with Gasteiger partial charge >= 0.3 is 0 Å². The second-order valence-corrected chi connectivity index (χ2v) is 4.57. The van der Waals surface area contributed by atoms with E-state index in [0.717, 1.165) is 0 Å². The van der Waals surface area contributed by atoms with Crippen molar-refractivity contribution in [2.24, 2.45) is 5.92 Å². The van der Waals surface area contributed by atoms with E-state index in [1.807, 2.05) is 4.90 Å². The third-order valence-corrected chi connectivity index (χ3v) is 3.03. The van der Waals surface area contributed by atoms with Crippen LogP contribution in [-0.4, -0.2) is 47.1 Å². The van der Waals surface area contributed by atoms with Crippen LogP contribution in [-0.2, 0) is 4.79 Å². The zero-order valence-corrected chi connectivity index (χ0v) is 10.3. The van der Waals surface area contributed by atoms with Gasteiger partial charge in [-0.05, 0) is 6.07 Å². The predicted molar refractivity (Wildman–Crippen MR) is 68.7 cm³/mol. The zero-order valence-electron chi connectivity index (χ0n) is 10.3. The number of nitro groups is 1. The van der Waals surface area contributed by atoms with Gasteiger partial charge in [-0.1, -0.05) is 12.1 Å². The Labute approximate surface area is 110 Å². The first kappa shape index (κ1) is 13.4. The molecule has 0 radical (unpaired) electrons. The standard InChI is InChI=1S/C12H15N3O4/c16-8-9-5-14(6-9)7-12(17)13-10-3-1-2-4-11(10)15(18)19/h1-4,9,16H,5-8H2,(H,13,17). The molecule has 1 aromatic rings. The molecule has 1 fully saturated rings. The number of benzene rings is 1. The normalized spacial score (nSPS) is 15.8. The Morgan fingerprint density at radius 3 is 2.79 bits per heavy atom. The molecule has 2 N–H and O–H groups in total. The van der Waals surface area contributed by atoms with E-state index in [-0.39, 0.29) is 36.4 Å². The number of para-hydroxylation sites is 2. The molecule has 0 aliphatic carbocycles. The summed E-state index contributed by atoms with van der Waals surface area (Å²) in [5.74, 6) is -0.0513. The Hall–Kier alpha value is -1.99. The van der Waals surface area contributed by atoms with Gasteiger partial charge in [-0.3, -0.25) is 19.8 Å². The third-order valence-electron chi connectivity index (χ3n) is 3.03. The minimum Gasteiger partial charge on any atom is -0.396 e. The Morgan fingerprint density at radius 2 is 2.16 bits per heavy atom. The smallest absolute Gasteiger partial charge is 0.292 e. The summed E-state index contributed by atoms with van der Waals surface area (Å²) in [5, 5.41) is 22.2. The number of nitrogens with one attached hydrogen (secondary N) is 1. The quantitative estimate of drug-likeness (QED) is 0.595. The molecule has 0 atom stereocenters. The molecule has 1 aliphatic rings. The monoisotopic (exact) mass is 265 g/mol. The van der Waals surface area contributed by atoms with Crippen LogP contribution in [0.5, 0.6) is 0 Å². The summed E-state index contributed by atoms with van der Waals surface area (Å²) >= 11 is 0. The van der Waals surface area contributed by atoms with Crippen molar-refractivity contribution in [3.63, 3.8) is 0 Å². The molecular weight excluding hydrogens is 250 g/mol. The molecule has 102 valence electrons. The van der Waals surface area contributed by atoms with Crippen molar-refractivity contribution in [1.82, 2.24) is 4.90 Å². The summed E-state index contributed by atoms with van der Waals surface area (Å²) in [4.78, 5) is 23.9. The van der Waals surface area contributed by atoms with Gasteiger partial charge in [0.2, 0.25) is 5.91 Å². The number of carbonyl (C=O) groups is 1. The van der Waals surface area contributed by atoms with E-state index in [1.165, 1.54) is 12.1 Å². The maximum Gasteiger partial charge on any atom is 0.292 e. The molecule has 0 aromatic heterocycles. The van der Waals surface area contributed by atoms with E-state index >= 15 is 0 Å². The lowest BCUT2D eigenvalue weighted by Gasteiger charge is -2.37. The first-order valence-corrected chi connectivity index (χ1v) is 5.96. The number of likely N-dealkylation sites (tertiary alicyclic amines) is 1. The number of aliphatic hydroxyl groups is 1. The molecule has 7 heteroatoms. The third kappa shape index (κ3) is 3.27. The SMILES string of the molecule is O=C(CN1CC(CO)C1)Nc1ccccc1[N+](=O)[O-]. The minimum atomic E-state index is -0.527. The number of amides is 1. The van der Waals surface area contributed by atoms with Crippen LogP contribution in [0.25, 0.3) is 0 Å². The molecule has 1 saturated heterocycles. The Kier molecular flexibility index (Phi) is 4.08. The van der Waals surface area contributed by atoms with Gasteiger partial charge < -0.3 is 10.4 Å². The number of nitrogens with zero attached hydrogens (tertiary/aromatic N) is 2. The number of hydrogen-bond acceptors (Lipinski definition) is 5. The fourth-order valence-corrected chi connectivity index (χ4v) is 2.05. The molecule has 0 unspecified atom stereocenters. The number of aliphatic hydroxyl groups excluding tert-OH is 1. The molecule has 1 aliphatic heterocycles. The molecule has 19 heavy (non-hydrogen) atoms. The molecular formula is C12H15N3O4. The summed E-state index contributed by atoms with van der Waals surface area (Å²) in [6, 6.07) is 6.03. The number of nitro benzene ring substituents is 1. The van der Waals surface area contributed by atoms with Gasteiger partial charge in [-0.15, -0.1) is 0 Å². The van der Waals surface area contributed by atoms with Gasteiger partial charge in [0, 0.05) is 31.7 Å². The van der Waals surface area contributed by atoms with Gasteiger partial charge in [-0.2, -0.15) is 0 Å². The molecule has 7 nitrogen and oxygen atoms in total. The van der Waals surface area contributed by atoms with Gasteiger partial charge in [0.1, 0.15) is 5.69 Å². The number of anilines is 1. The Balaban J connectivity index is 1.91. The molecule has 0 saturated carbocycles. The molecule has 1 amide bonds. The number of rotatable bonds is 5. The van der Waals surface area contributed by atoms with E-state index in [4.69, 9.17) is 5.11 Å². The Bertz CT molecular complexity index is 486. The lowest BCUT2D eigenvalue weighted by Crippen LogP contribution is -2.51. The summed E-state index contributed by atoms with van der Waals surface area (Å²) in [6.45, 7) is 1.67. The van der Waals surface area contributed by atoms with Crippen LogP contribution in [0.1, 0.15) is 0 Å². The number of carbonyl (C=O) groups excluding carboxylic acids is 1. The first-order valence-electron chi connectivity index (χ1n) is 5.96. The summed E-state index contributed by atoms with van der Waals surface area (Å²) in [7, 11) is 0. The highest BCUT2D eigenvalue weighted by Crippen LogP contribution is 2.23. The number of hydrogen-bond donors (Lipinski definition) is 2. The van der Waals surface area contributed by atoms with Gasteiger partial charge in [-0.25, -0.2) is 0 Å². The lowest BCUT2D eigenvalue weighted by atomic mass is 10.0. The van der Waals surface area contributed by atoms with Crippen LogP contribution >= 0.6 is 0 Å². The van der Waals surface area contributed by atoms with Gasteiger partial charge in [0.15, 0.2) is 0 Å². The lowest BCUT2D eigenvalue weighted by molar-refractivity contribution is -0.383. The van der Waals surface area contributed by atoms with Crippen molar-refractivity contribution in [2.45, 2.75) is 0 Å². The average molecular weight is 265 g/mol. The summed E-state index contributed by atoms with van der Waals surface area (Å²) < 4.78 is 0. The van der Waals surface area contributed by atoms with Crippen LogP contribution in [0.4, 0.5) is 11.4 Å². The van der Waals surface area contributed by atoms with E-state index in [0.29, 0.717) is 13.1 Å². The van der Waals surface area contributed by atoms with E-state index in [1.54, 1.807) is 12.1 Å². The highest BCUT2D eigenvalue weighted by atomic mass is 16.6. The highest BCUT2D eigenvalue weighted by Gasteiger charge is 2.27. The summed E-state index contributed by atoms with van der Waals surface area (Å²) in [6.07, 6.45) is 0. The second kappa shape index (κ2) is 5.77. The summed E-state index contributed by atoms with van der Waals surface area (Å²) in [5.41, 5.74) is 0.0874. The highest BCUT2D eigenvalue weighted by molar-refractivity contribution is 5.94. The van der Waals surface area contributed by atoms with Gasteiger partial charge in [0.05, 0.1) is 11.5 Å². The Morgan fingerprint density at radius 1 is 1.47 bits per heavy atom. The fourth-order valence-electron chi connectivity index (χ4n) is 2.05. The molecule has 0 bridgehead atoms. The maximum atomic E-state index is 11.7. The molecule has 1 heterocycles. The zero-order chi connectivity index (χ0) is 13.8. The molecule has 2 rings (SSSR count). The van der Waals surface area contributed by atoms with Gasteiger partial charge in [0.25, 0.3) is 5.69 Å². The van der Waals surface area contributed by atoms with Crippen LogP contribution in [0.15, 0.2) is 24.3 Å². The molecule has 1 aromatic carbocycles. The largest absolute Gasteiger partial charge is 0.396 e. The fraction of sp³-hybridized carbons (Fsp3) is 0.417. The van der Waals surface area contributed by atoms with Crippen LogP contribution in [0, 0.1) is 16.0 Å². The van der Waals surface area contributed by atoms with Crippen molar-refractivity contribution in [3.8, 4) is 0 Å². The van der Waals surface area contributed by atoms with E-state index in [2.05, 4.69) is 5.32 Å². The van der Waals surface area contributed by atoms with Crippen LogP contribution in [0.2, 0.25) is 0 Å². The molecule has 0 spiro atoms.